The molecule has 2 rings (SSSR count). The third-order valence-electron chi connectivity index (χ3n) is 3.50. The molecule has 5 nitrogen and oxygen atoms in total. The van der Waals surface area contributed by atoms with Crippen LogP contribution in [0.4, 0.5) is 13.2 Å². The SMILES string of the molecule is CCN1CCOC(Cn2cc(C(=O)O)c(C(F)(F)F)c2)C1. The first kappa shape index (κ1) is 15.8. The Morgan fingerprint density at radius 2 is 2.19 bits per heavy atom. The van der Waals surface area contributed by atoms with Gasteiger partial charge < -0.3 is 14.4 Å². The van der Waals surface area contributed by atoms with Crippen LogP contribution in [0.15, 0.2) is 12.4 Å². The van der Waals surface area contributed by atoms with Gasteiger partial charge in [0.1, 0.15) is 0 Å². The average Bonchev–Trinajstić information content (AvgIpc) is 2.83. The first-order valence-corrected chi connectivity index (χ1v) is 6.65. The molecule has 118 valence electrons. The van der Waals surface area contributed by atoms with Crippen molar-refractivity contribution in [1.82, 2.24) is 9.47 Å². The largest absolute Gasteiger partial charge is 0.478 e. The molecule has 1 aromatic heterocycles. The molecule has 0 bridgehead atoms. The molecular weight excluding hydrogens is 289 g/mol. The molecule has 1 aliphatic rings. The van der Waals surface area contributed by atoms with Crippen molar-refractivity contribution in [1.29, 1.82) is 0 Å². The number of hydrogen-bond acceptors (Lipinski definition) is 3. The number of halogens is 3. The number of morpholine rings is 1. The van der Waals surface area contributed by atoms with Crippen LogP contribution in [-0.2, 0) is 17.5 Å². The Morgan fingerprint density at radius 1 is 1.48 bits per heavy atom. The van der Waals surface area contributed by atoms with Crippen molar-refractivity contribution >= 4 is 5.97 Å². The second kappa shape index (κ2) is 6.07. The Balaban J connectivity index is 2.15. The van der Waals surface area contributed by atoms with Crippen molar-refractivity contribution in [2.24, 2.45) is 0 Å². The van der Waals surface area contributed by atoms with E-state index in [1.165, 1.54) is 4.57 Å². The van der Waals surface area contributed by atoms with Crippen molar-refractivity contribution in [3.8, 4) is 0 Å². The van der Waals surface area contributed by atoms with E-state index in [4.69, 9.17) is 9.84 Å². The lowest BCUT2D eigenvalue weighted by molar-refractivity contribution is -0.138. The monoisotopic (exact) mass is 306 g/mol. The molecule has 1 atom stereocenters. The summed E-state index contributed by atoms with van der Waals surface area (Å²) in [5.74, 6) is -1.58. The highest BCUT2D eigenvalue weighted by Crippen LogP contribution is 2.32. The van der Waals surface area contributed by atoms with Crippen LogP contribution in [0.5, 0.6) is 0 Å². The molecule has 0 radical (unpaired) electrons. The molecular formula is C13H17F3N2O3. The molecule has 1 unspecified atom stereocenters. The number of hydrogen-bond donors (Lipinski definition) is 1. The third kappa shape index (κ3) is 3.76. The molecule has 0 aromatic carbocycles. The maximum atomic E-state index is 12.8. The molecule has 1 fully saturated rings. The van der Waals surface area contributed by atoms with E-state index in [0.717, 1.165) is 25.5 Å². The number of alkyl halides is 3. The van der Waals surface area contributed by atoms with Crippen LogP contribution in [0.25, 0.3) is 0 Å². The van der Waals surface area contributed by atoms with Gasteiger partial charge in [-0.05, 0) is 6.54 Å². The van der Waals surface area contributed by atoms with Crippen molar-refractivity contribution in [3.63, 3.8) is 0 Å². The van der Waals surface area contributed by atoms with Gasteiger partial charge >= 0.3 is 12.1 Å². The topological polar surface area (TPSA) is 54.7 Å². The van der Waals surface area contributed by atoms with Gasteiger partial charge in [-0.15, -0.1) is 0 Å². The van der Waals surface area contributed by atoms with Crippen LogP contribution in [0.3, 0.4) is 0 Å². The summed E-state index contributed by atoms with van der Waals surface area (Å²) in [6, 6.07) is 0. The molecule has 0 saturated carbocycles. The molecule has 2 heterocycles. The summed E-state index contributed by atoms with van der Waals surface area (Å²) in [7, 11) is 0. The van der Waals surface area contributed by atoms with Gasteiger partial charge in [0, 0.05) is 32.0 Å². The minimum atomic E-state index is -4.68. The fraction of sp³-hybridized carbons (Fsp3) is 0.615. The number of nitrogens with zero attached hydrogens (tertiary/aromatic N) is 2. The second-order valence-corrected chi connectivity index (χ2v) is 4.97. The maximum Gasteiger partial charge on any atom is 0.418 e. The Bertz CT molecular complexity index is 513. The van der Waals surface area contributed by atoms with Crippen molar-refractivity contribution in [3.05, 3.63) is 23.5 Å². The lowest BCUT2D eigenvalue weighted by Crippen LogP contribution is -2.43. The summed E-state index contributed by atoms with van der Waals surface area (Å²) >= 11 is 0. The Morgan fingerprint density at radius 3 is 2.71 bits per heavy atom. The summed E-state index contributed by atoms with van der Waals surface area (Å²) < 4.78 is 45.2. The molecule has 0 amide bonds. The summed E-state index contributed by atoms with van der Waals surface area (Å²) in [6.07, 6.45) is -3.08. The van der Waals surface area contributed by atoms with Gasteiger partial charge in [0.2, 0.25) is 0 Å². The highest BCUT2D eigenvalue weighted by atomic mass is 19.4. The van der Waals surface area contributed by atoms with E-state index in [1.807, 2.05) is 6.92 Å². The van der Waals surface area contributed by atoms with Gasteiger partial charge in [-0.1, -0.05) is 6.92 Å². The van der Waals surface area contributed by atoms with Crippen LogP contribution < -0.4 is 0 Å². The van der Waals surface area contributed by atoms with Gasteiger partial charge in [-0.2, -0.15) is 13.2 Å². The quantitative estimate of drug-likeness (QED) is 0.923. The van der Waals surface area contributed by atoms with E-state index in [2.05, 4.69) is 4.90 Å². The van der Waals surface area contributed by atoms with Crippen molar-refractivity contribution in [2.75, 3.05) is 26.2 Å². The number of likely N-dealkylation sites (N-methyl/N-ethyl adjacent to an activating group) is 1. The first-order valence-electron chi connectivity index (χ1n) is 6.65. The van der Waals surface area contributed by atoms with Gasteiger partial charge in [0.05, 0.1) is 23.8 Å². The van der Waals surface area contributed by atoms with Gasteiger partial charge in [0.15, 0.2) is 0 Å². The highest BCUT2D eigenvalue weighted by molar-refractivity contribution is 5.89. The zero-order valence-electron chi connectivity index (χ0n) is 11.6. The first-order chi connectivity index (χ1) is 9.81. The Hall–Kier alpha value is -1.54. The van der Waals surface area contributed by atoms with Crippen molar-refractivity contribution in [2.45, 2.75) is 25.7 Å². The van der Waals surface area contributed by atoms with Gasteiger partial charge in [-0.3, -0.25) is 4.90 Å². The standard InChI is InChI=1S/C13H17F3N2O3/c1-2-17-3-4-21-9(5-17)6-18-7-10(12(19)20)11(8-18)13(14,15)16/h7-9H,2-6H2,1H3,(H,19,20). The van der Waals surface area contributed by atoms with E-state index in [0.29, 0.717) is 13.2 Å². The third-order valence-corrected chi connectivity index (χ3v) is 3.50. The number of ether oxygens (including phenoxy) is 1. The lowest BCUT2D eigenvalue weighted by atomic mass is 10.2. The van der Waals surface area contributed by atoms with Crippen LogP contribution in [0, 0.1) is 0 Å². The Labute approximate surface area is 119 Å². The fourth-order valence-electron chi connectivity index (χ4n) is 2.42. The molecule has 1 aliphatic heterocycles. The molecule has 1 N–H and O–H groups in total. The highest BCUT2D eigenvalue weighted by Gasteiger charge is 2.37. The van der Waals surface area contributed by atoms with E-state index in [-0.39, 0.29) is 12.6 Å². The molecule has 21 heavy (non-hydrogen) atoms. The number of aromatic nitrogens is 1. The number of carboxylic acids is 1. The normalized spacial score (nSPS) is 20.7. The lowest BCUT2D eigenvalue weighted by Gasteiger charge is -2.32. The zero-order chi connectivity index (χ0) is 15.6. The molecule has 1 aromatic rings. The fourth-order valence-corrected chi connectivity index (χ4v) is 2.42. The summed E-state index contributed by atoms with van der Waals surface area (Å²) in [5.41, 5.74) is -1.86. The van der Waals surface area contributed by atoms with Crippen LogP contribution in [0.1, 0.15) is 22.8 Å². The van der Waals surface area contributed by atoms with Crippen LogP contribution in [0.2, 0.25) is 0 Å². The van der Waals surface area contributed by atoms with Gasteiger partial charge in [-0.25, -0.2) is 4.79 Å². The Kier molecular flexibility index (Phi) is 4.58. The number of carbonyl (C=O) groups is 1. The van der Waals surface area contributed by atoms with E-state index in [9.17, 15) is 18.0 Å². The second-order valence-electron chi connectivity index (χ2n) is 4.97. The predicted octanol–water partition coefficient (Wildman–Crippen LogP) is 1.93. The average molecular weight is 306 g/mol. The van der Waals surface area contributed by atoms with E-state index >= 15 is 0 Å². The van der Waals surface area contributed by atoms with Crippen LogP contribution in [-0.4, -0.2) is 52.9 Å². The van der Waals surface area contributed by atoms with E-state index in [1.54, 1.807) is 0 Å². The van der Waals surface area contributed by atoms with E-state index < -0.39 is 23.3 Å². The maximum absolute atomic E-state index is 12.8. The van der Waals surface area contributed by atoms with Gasteiger partial charge in [0.25, 0.3) is 0 Å². The smallest absolute Gasteiger partial charge is 0.418 e. The summed E-state index contributed by atoms with van der Waals surface area (Å²) in [5, 5.41) is 8.88. The number of rotatable bonds is 4. The zero-order valence-corrected chi connectivity index (χ0v) is 11.6. The minimum Gasteiger partial charge on any atom is -0.478 e. The summed E-state index contributed by atoms with van der Waals surface area (Å²) in [4.78, 5) is 13.1. The molecule has 0 aliphatic carbocycles. The molecule has 8 heteroatoms. The predicted molar refractivity (Wildman–Crippen MR) is 68.2 cm³/mol. The minimum absolute atomic E-state index is 0.201. The van der Waals surface area contributed by atoms with Crippen LogP contribution >= 0.6 is 0 Å². The molecule has 1 saturated heterocycles. The summed E-state index contributed by atoms with van der Waals surface area (Å²) in [6.45, 7) is 5.00. The molecule has 0 spiro atoms. The number of aromatic carboxylic acids is 1. The number of carboxylic acid groups (broad SMARTS) is 1. The van der Waals surface area contributed by atoms with Crippen molar-refractivity contribution < 1.29 is 27.8 Å².